The molecule has 5 heteroatoms. The minimum atomic E-state index is -2.60. The molecule has 0 amide bonds. The Hall–Kier alpha value is -0.710. The number of piperidine rings is 1. The maximum atomic E-state index is 13.3. The molecule has 0 spiro atoms. The first-order valence-corrected chi connectivity index (χ1v) is 5.22. The molecule has 2 bridgehead atoms. The van der Waals surface area contributed by atoms with E-state index < -0.39 is 12.0 Å². The molecule has 0 aromatic rings. The topological polar surface area (TPSA) is 38.3 Å². The lowest BCUT2D eigenvalue weighted by molar-refractivity contribution is -0.142. The number of halogens is 2. The van der Waals surface area contributed by atoms with Crippen LogP contribution in [0.1, 0.15) is 25.7 Å². The summed E-state index contributed by atoms with van der Waals surface area (Å²) in [5, 5.41) is 2.90. The van der Waals surface area contributed by atoms with Crippen molar-refractivity contribution >= 4 is 5.97 Å². The van der Waals surface area contributed by atoms with Crippen LogP contribution in [0.3, 0.4) is 0 Å². The van der Waals surface area contributed by atoms with Gasteiger partial charge in [-0.15, -0.1) is 0 Å². The lowest BCUT2D eigenvalue weighted by Gasteiger charge is -2.28. The summed E-state index contributed by atoms with van der Waals surface area (Å²) in [6, 6.07) is -0.876. The molecule has 2 fully saturated rings. The summed E-state index contributed by atoms with van der Waals surface area (Å²) in [6.07, 6.45) is 1.20. The number of alkyl halides is 2. The zero-order valence-corrected chi connectivity index (χ0v) is 8.63. The second-order valence-corrected chi connectivity index (χ2v) is 4.50. The first-order valence-electron chi connectivity index (χ1n) is 5.22. The van der Waals surface area contributed by atoms with E-state index in [9.17, 15) is 13.6 Å². The van der Waals surface area contributed by atoms with Gasteiger partial charge in [0.1, 0.15) is 0 Å². The molecule has 0 saturated carbocycles. The van der Waals surface area contributed by atoms with Gasteiger partial charge >= 0.3 is 5.97 Å². The number of methoxy groups -OCH3 is 1. The van der Waals surface area contributed by atoms with Gasteiger partial charge in [0.15, 0.2) is 0 Å². The van der Waals surface area contributed by atoms with Crippen molar-refractivity contribution in [2.75, 3.05) is 7.11 Å². The monoisotopic (exact) mass is 219 g/mol. The van der Waals surface area contributed by atoms with Crippen LogP contribution in [-0.4, -0.2) is 31.1 Å². The van der Waals surface area contributed by atoms with Crippen LogP contribution in [0.4, 0.5) is 8.78 Å². The molecule has 2 rings (SSSR count). The van der Waals surface area contributed by atoms with Crippen molar-refractivity contribution in [3.63, 3.8) is 0 Å². The van der Waals surface area contributed by atoms with Crippen LogP contribution in [0, 0.1) is 5.92 Å². The number of nitrogens with one attached hydrogen (secondary N) is 1. The third kappa shape index (κ3) is 2.12. The summed E-state index contributed by atoms with van der Waals surface area (Å²) >= 11 is 0. The Morgan fingerprint density at radius 1 is 1.53 bits per heavy atom. The van der Waals surface area contributed by atoms with Gasteiger partial charge in [0.25, 0.3) is 5.92 Å². The van der Waals surface area contributed by atoms with E-state index in [0.29, 0.717) is 12.8 Å². The molecular weight excluding hydrogens is 204 g/mol. The predicted octanol–water partition coefficient (Wildman–Crippen LogP) is 1.33. The van der Waals surface area contributed by atoms with Gasteiger partial charge in [0.05, 0.1) is 13.2 Å². The Morgan fingerprint density at radius 2 is 2.27 bits per heavy atom. The molecule has 0 unspecified atom stereocenters. The zero-order valence-electron chi connectivity index (χ0n) is 8.63. The van der Waals surface area contributed by atoms with Crippen LogP contribution in [0.5, 0.6) is 0 Å². The normalized spacial score (nSPS) is 37.7. The molecular formula is C10H15F2NO2. The summed E-state index contributed by atoms with van der Waals surface area (Å²) in [5.41, 5.74) is 0. The van der Waals surface area contributed by atoms with Gasteiger partial charge in [-0.1, -0.05) is 0 Å². The number of hydrogen-bond acceptors (Lipinski definition) is 3. The molecule has 2 aliphatic heterocycles. The summed E-state index contributed by atoms with van der Waals surface area (Å²) in [4.78, 5) is 11.0. The molecule has 0 aromatic carbocycles. The Kier molecular flexibility index (Phi) is 2.66. The smallest absolute Gasteiger partial charge is 0.305 e. The Morgan fingerprint density at radius 3 is 2.87 bits per heavy atom. The third-order valence-electron chi connectivity index (χ3n) is 3.34. The van der Waals surface area contributed by atoms with Crippen molar-refractivity contribution in [2.24, 2.45) is 5.92 Å². The van der Waals surface area contributed by atoms with Crippen LogP contribution in [0.2, 0.25) is 0 Å². The molecule has 2 heterocycles. The predicted molar refractivity (Wildman–Crippen MR) is 49.6 cm³/mol. The average Bonchev–Trinajstić information content (AvgIpc) is 2.35. The number of hydrogen-bond donors (Lipinski definition) is 1. The lowest BCUT2D eigenvalue weighted by Crippen LogP contribution is -2.43. The molecule has 0 radical (unpaired) electrons. The van der Waals surface area contributed by atoms with E-state index in [2.05, 4.69) is 10.1 Å². The molecule has 3 nitrogen and oxygen atoms in total. The van der Waals surface area contributed by atoms with Crippen LogP contribution in [-0.2, 0) is 9.53 Å². The first-order chi connectivity index (χ1) is 7.01. The van der Waals surface area contributed by atoms with Gasteiger partial charge in [0, 0.05) is 18.9 Å². The molecule has 0 aromatic heterocycles. The highest BCUT2D eigenvalue weighted by atomic mass is 19.3. The van der Waals surface area contributed by atoms with Gasteiger partial charge in [-0.25, -0.2) is 8.78 Å². The molecule has 2 saturated heterocycles. The van der Waals surface area contributed by atoms with Gasteiger partial charge in [-0.2, -0.15) is 0 Å². The highest BCUT2D eigenvalue weighted by molar-refractivity contribution is 5.69. The Balaban J connectivity index is 1.95. The fourth-order valence-corrected chi connectivity index (χ4v) is 2.65. The number of fused-ring (bicyclic) bond motifs is 2. The minimum Gasteiger partial charge on any atom is -0.469 e. The number of ether oxygens (including phenoxy) is 1. The quantitative estimate of drug-likeness (QED) is 0.712. The summed E-state index contributed by atoms with van der Waals surface area (Å²) in [6.45, 7) is 0. The Bertz CT molecular complexity index is 270. The van der Waals surface area contributed by atoms with Crippen LogP contribution >= 0.6 is 0 Å². The molecule has 1 N–H and O–H groups in total. The van der Waals surface area contributed by atoms with Crippen molar-refractivity contribution < 1.29 is 18.3 Å². The molecule has 0 aliphatic carbocycles. The van der Waals surface area contributed by atoms with Gasteiger partial charge in [-0.05, 0) is 18.8 Å². The van der Waals surface area contributed by atoms with Crippen molar-refractivity contribution in [3.8, 4) is 0 Å². The average molecular weight is 219 g/mol. The van der Waals surface area contributed by atoms with Gasteiger partial charge in [-0.3, -0.25) is 4.79 Å². The van der Waals surface area contributed by atoms with E-state index in [4.69, 9.17) is 0 Å². The van der Waals surface area contributed by atoms with Crippen LogP contribution < -0.4 is 5.32 Å². The van der Waals surface area contributed by atoms with Gasteiger partial charge < -0.3 is 10.1 Å². The third-order valence-corrected chi connectivity index (χ3v) is 3.34. The fraction of sp³-hybridized carbons (Fsp3) is 0.900. The van der Waals surface area contributed by atoms with Crippen LogP contribution in [0.25, 0.3) is 0 Å². The van der Waals surface area contributed by atoms with Crippen molar-refractivity contribution in [2.45, 2.75) is 43.7 Å². The maximum Gasteiger partial charge on any atom is 0.305 e. The standard InChI is InChI=1S/C10H15F2NO2/c1-15-9(14)4-6-2-7-5-10(11,12)8(3-6)13-7/h6-8,13H,2-5H2,1H3/t6-,7+,8-/m1/s1. The van der Waals surface area contributed by atoms with E-state index in [1.54, 1.807) is 0 Å². The van der Waals surface area contributed by atoms with E-state index in [0.717, 1.165) is 0 Å². The second-order valence-electron chi connectivity index (χ2n) is 4.50. The number of esters is 1. The first kappa shape index (κ1) is 10.8. The van der Waals surface area contributed by atoms with E-state index in [1.165, 1.54) is 7.11 Å². The molecule has 3 atom stereocenters. The maximum absolute atomic E-state index is 13.3. The summed E-state index contributed by atoms with van der Waals surface area (Å²) < 4.78 is 31.2. The fourth-order valence-electron chi connectivity index (χ4n) is 2.65. The highest BCUT2D eigenvalue weighted by Crippen LogP contribution is 2.42. The molecule has 2 aliphatic rings. The minimum absolute atomic E-state index is 0.0436. The van der Waals surface area contributed by atoms with Crippen molar-refractivity contribution in [3.05, 3.63) is 0 Å². The Labute approximate surface area is 87.2 Å². The largest absolute Gasteiger partial charge is 0.469 e. The summed E-state index contributed by atoms with van der Waals surface area (Å²) in [7, 11) is 1.33. The number of carbonyl (C=O) groups is 1. The van der Waals surface area contributed by atoms with Crippen LogP contribution in [0.15, 0.2) is 0 Å². The second kappa shape index (κ2) is 3.70. The zero-order chi connectivity index (χ0) is 11.1. The van der Waals surface area contributed by atoms with E-state index in [-0.39, 0.29) is 30.8 Å². The van der Waals surface area contributed by atoms with Crippen molar-refractivity contribution in [1.82, 2.24) is 5.32 Å². The summed E-state index contributed by atoms with van der Waals surface area (Å²) in [5.74, 6) is -2.86. The SMILES string of the molecule is COC(=O)C[C@@H]1C[C@H]2CC(F)(F)[C@@H](C1)N2. The molecule has 15 heavy (non-hydrogen) atoms. The van der Waals surface area contributed by atoms with Crippen molar-refractivity contribution in [1.29, 1.82) is 0 Å². The van der Waals surface area contributed by atoms with E-state index >= 15 is 0 Å². The highest BCUT2D eigenvalue weighted by Gasteiger charge is 2.52. The number of rotatable bonds is 2. The van der Waals surface area contributed by atoms with E-state index in [1.807, 2.05) is 0 Å². The molecule has 86 valence electrons. The lowest BCUT2D eigenvalue weighted by atomic mass is 9.89. The number of carbonyl (C=O) groups excluding carboxylic acids is 1. The van der Waals surface area contributed by atoms with Gasteiger partial charge in [0.2, 0.25) is 0 Å².